The Balaban J connectivity index is 1.55. The third-order valence-electron chi connectivity index (χ3n) is 7.84. The number of carbonyl (C=O) groups is 1. The number of hydrogen-bond acceptors (Lipinski definition) is 6. The first-order chi connectivity index (χ1) is 18.1. The average molecular weight is 525 g/mol. The van der Waals surface area contributed by atoms with Crippen molar-refractivity contribution in [3.05, 3.63) is 48.0 Å². The van der Waals surface area contributed by atoms with Gasteiger partial charge in [0.25, 0.3) is 0 Å². The first kappa shape index (κ1) is 28.2. The number of nitrogens with zero attached hydrogens (tertiary/aromatic N) is 2. The summed E-state index contributed by atoms with van der Waals surface area (Å²) in [6, 6.07) is 14.5. The number of amides is 1. The molecule has 208 valence electrons. The largest absolute Gasteiger partial charge is 0.493 e. The number of benzene rings is 2. The number of hydrogen-bond donors (Lipinski definition) is 1. The minimum atomic E-state index is -0.739. The van der Waals surface area contributed by atoms with Crippen LogP contribution in [0.15, 0.2) is 42.5 Å². The number of rotatable bonds is 7. The van der Waals surface area contributed by atoms with Crippen molar-refractivity contribution in [2.45, 2.75) is 70.0 Å². The van der Waals surface area contributed by atoms with Gasteiger partial charge in [-0.25, -0.2) is 4.79 Å². The third kappa shape index (κ3) is 6.80. The van der Waals surface area contributed by atoms with Crippen LogP contribution in [-0.4, -0.2) is 79.1 Å². The van der Waals surface area contributed by atoms with E-state index in [0.717, 1.165) is 62.0 Å². The molecular formula is C31H44N2O5. The zero-order valence-corrected chi connectivity index (χ0v) is 23.7. The van der Waals surface area contributed by atoms with Crippen molar-refractivity contribution in [2.75, 3.05) is 46.9 Å². The molecule has 4 rings (SSSR count). The molecule has 0 spiro atoms. The second kappa shape index (κ2) is 12.0. The van der Waals surface area contributed by atoms with Crippen LogP contribution in [-0.2, 0) is 4.74 Å². The summed E-state index contributed by atoms with van der Waals surface area (Å²) in [4.78, 5) is 16.7. The second-order valence-electron chi connectivity index (χ2n) is 11.7. The second-order valence-corrected chi connectivity index (χ2v) is 11.7. The maximum Gasteiger partial charge on any atom is 0.410 e. The summed E-state index contributed by atoms with van der Waals surface area (Å²) in [5.74, 6) is 1.38. The molecule has 1 saturated carbocycles. The van der Waals surface area contributed by atoms with Gasteiger partial charge in [-0.2, -0.15) is 0 Å². The van der Waals surface area contributed by atoms with Crippen LogP contribution >= 0.6 is 0 Å². The van der Waals surface area contributed by atoms with Gasteiger partial charge in [0.2, 0.25) is 0 Å². The number of aliphatic hydroxyl groups is 1. The molecule has 38 heavy (non-hydrogen) atoms. The van der Waals surface area contributed by atoms with E-state index >= 15 is 0 Å². The van der Waals surface area contributed by atoms with Crippen LogP contribution in [0.25, 0.3) is 11.1 Å². The summed E-state index contributed by atoms with van der Waals surface area (Å²) >= 11 is 0. The maximum atomic E-state index is 12.5. The van der Waals surface area contributed by atoms with Crippen LogP contribution < -0.4 is 9.47 Å². The lowest BCUT2D eigenvalue weighted by molar-refractivity contribution is -0.0356. The molecule has 2 aromatic carbocycles. The fourth-order valence-electron chi connectivity index (χ4n) is 5.75. The molecule has 1 amide bonds. The van der Waals surface area contributed by atoms with E-state index in [-0.39, 0.29) is 12.0 Å². The molecule has 1 aliphatic heterocycles. The van der Waals surface area contributed by atoms with Crippen LogP contribution in [0, 0.1) is 0 Å². The zero-order valence-electron chi connectivity index (χ0n) is 23.7. The fraction of sp³-hybridized carbons (Fsp3) is 0.581. The summed E-state index contributed by atoms with van der Waals surface area (Å²) in [6.07, 6.45) is 4.66. The number of ether oxygens (including phenoxy) is 3. The Kier molecular flexibility index (Phi) is 8.89. The van der Waals surface area contributed by atoms with Gasteiger partial charge in [-0.1, -0.05) is 49.6 Å². The summed E-state index contributed by atoms with van der Waals surface area (Å²) in [5, 5.41) is 11.9. The Morgan fingerprint density at radius 3 is 2.21 bits per heavy atom. The molecule has 0 bridgehead atoms. The molecule has 1 unspecified atom stereocenters. The van der Waals surface area contributed by atoms with Crippen LogP contribution in [0.1, 0.15) is 64.4 Å². The lowest BCUT2D eigenvalue weighted by Gasteiger charge is -2.43. The molecular weight excluding hydrogens is 480 g/mol. The minimum absolute atomic E-state index is 0.0176. The van der Waals surface area contributed by atoms with Gasteiger partial charge in [-0.15, -0.1) is 0 Å². The molecule has 1 aliphatic carbocycles. The van der Waals surface area contributed by atoms with E-state index in [9.17, 15) is 9.90 Å². The summed E-state index contributed by atoms with van der Waals surface area (Å²) < 4.78 is 16.5. The first-order valence-electron chi connectivity index (χ1n) is 13.9. The third-order valence-corrected chi connectivity index (χ3v) is 7.84. The fourth-order valence-corrected chi connectivity index (χ4v) is 5.75. The molecule has 7 heteroatoms. The highest BCUT2D eigenvalue weighted by Gasteiger charge is 2.40. The quantitative estimate of drug-likeness (QED) is 0.501. The smallest absolute Gasteiger partial charge is 0.410 e. The predicted molar refractivity (Wildman–Crippen MR) is 150 cm³/mol. The van der Waals surface area contributed by atoms with E-state index in [1.807, 2.05) is 39.0 Å². The van der Waals surface area contributed by atoms with E-state index in [2.05, 4.69) is 29.2 Å². The van der Waals surface area contributed by atoms with E-state index < -0.39 is 11.2 Å². The van der Waals surface area contributed by atoms with Crippen molar-refractivity contribution < 1.29 is 24.1 Å². The Hall–Kier alpha value is -2.77. The Bertz CT molecular complexity index is 1080. The normalized spacial score (nSPS) is 19.1. The highest BCUT2D eigenvalue weighted by atomic mass is 16.6. The Morgan fingerprint density at radius 2 is 1.58 bits per heavy atom. The van der Waals surface area contributed by atoms with Crippen LogP contribution in [0.5, 0.6) is 11.5 Å². The van der Waals surface area contributed by atoms with Crippen LogP contribution in [0.3, 0.4) is 0 Å². The SMILES string of the molecule is COc1ccc(-c2cccc(C(CN3CCN(C(=O)OC(C)(C)C)CC3)C3(O)CCCCC3)c2)cc1OC. The maximum absolute atomic E-state index is 12.5. The van der Waals surface area contributed by atoms with Crippen LogP contribution in [0.4, 0.5) is 4.79 Å². The predicted octanol–water partition coefficient (Wildman–Crippen LogP) is 5.70. The molecule has 1 atom stereocenters. The van der Waals surface area contributed by atoms with E-state index in [0.29, 0.717) is 24.6 Å². The average Bonchev–Trinajstić information content (AvgIpc) is 2.91. The van der Waals surface area contributed by atoms with Crippen molar-refractivity contribution in [1.82, 2.24) is 9.80 Å². The van der Waals surface area contributed by atoms with Gasteiger partial charge in [0, 0.05) is 38.6 Å². The zero-order chi connectivity index (χ0) is 27.3. The van der Waals surface area contributed by atoms with Crippen molar-refractivity contribution in [2.24, 2.45) is 0 Å². The highest BCUT2D eigenvalue weighted by molar-refractivity contribution is 5.69. The molecule has 0 radical (unpaired) electrons. The summed E-state index contributed by atoms with van der Waals surface area (Å²) in [5.41, 5.74) is 2.04. The number of carbonyl (C=O) groups excluding carboxylic acids is 1. The highest BCUT2D eigenvalue weighted by Crippen LogP contribution is 2.42. The molecule has 7 nitrogen and oxygen atoms in total. The summed E-state index contributed by atoms with van der Waals surface area (Å²) in [6.45, 7) is 9.24. The molecule has 1 heterocycles. The van der Waals surface area contributed by atoms with Gasteiger partial charge in [0.05, 0.1) is 19.8 Å². The topological polar surface area (TPSA) is 71.5 Å². The van der Waals surface area contributed by atoms with Gasteiger partial charge in [-0.05, 0) is 62.4 Å². The van der Waals surface area contributed by atoms with Crippen molar-refractivity contribution >= 4 is 6.09 Å². The lowest BCUT2D eigenvalue weighted by atomic mass is 9.72. The molecule has 0 aromatic heterocycles. The molecule has 2 fully saturated rings. The van der Waals surface area contributed by atoms with Crippen molar-refractivity contribution in [3.63, 3.8) is 0 Å². The van der Waals surface area contributed by atoms with E-state index in [1.54, 1.807) is 19.1 Å². The first-order valence-corrected chi connectivity index (χ1v) is 13.9. The standard InChI is InChI=1S/C31H44N2O5/c1-30(2,3)38-29(34)33-18-16-32(17-19-33)22-26(31(35)14-7-6-8-15-31)25-11-9-10-23(20-25)24-12-13-27(36-4)28(21-24)37-5/h9-13,20-21,26,35H,6-8,14-19,22H2,1-5H3. The van der Waals surface area contributed by atoms with E-state index in [1.165, 1.54) is 6.42 Å². The van der Waals surface area contributed by atoms with Gasteiger partial charge >= 0.3 is 6.09 Å². The molecule has 2 aromatic rings. The Labute approximate surface area is 227 Å². The molecule has 1 N–H and O–H groups in total. The minimum Gasteiger partial charge on any atom is -0.493 e. The Morgan fingerprint density at radius 1 is 0.921 bits per heavy atom. The van der Waals surface area contributed by atoms with Gasteiger partial charge in [-0.3, -0.25) is 4.90 Å². The van der Waals surface area contributed by atoms with Crippen molar-refractivity contribution in [1.29, 1.82) is 0 Å². The summed E-state index contributed by atoms with van der Waals surface area (Å²) in [7, 11) is 3.29. The molecule has 2 aliphatic rings. The van der Waals surface area contributed by atoms with Crippen LogP contribution in [0.2, 0.25) is 0 Å². The monoisotopic (exact) mass is 524 g/mol. The van der Waals surface area contributed by atoms with Crippen molar-refractivity contribution in [3.8, 4) is 22.6 Å². The number of methoxy groups -OCH3 is 2. The molecule has 1 saturated heterocycles. The van der Waals surface area contributed by atoms with E-state index in [4.69, 9.17) is 14.2 Å². The van der Waals surface area contributed by atoms with Gasteiger partial charge < -0.3 is 24.2 Å². The number of piperazine rings is 1. The van der Waals surface area contributed by atoms with Gasteiger partial charge in [0.15, 0.2) is 11.5 Å². The van der Waals surface area contributed by atoms with Gasteiger partial charge in [0.1, 0.15) is 5.60 Å². The lowest BCUT2D eigenvalue weighted by Crippen LogP contribution is -2.52.